The van der Waals surface area contributed by atoms with Gasteiger partial charge in [0.15, 0.2) is 6.29 Å². The molecule has 3 rings (SSSR count). The lowest BCUT2D eigenvalue weighted by Gasteiger charge is -2.37. The lowest BCUT2D eigenvalue weighted by molar-refractivity contribution is -0.226. The normalized spacial score (nSPS) is 32.1. The van der Waals surface area contributed by atoms with Gasteiger partial charge in [-0.2, -0.15) is 0 Å². The molecule has 1 heterocycles. The van der Waals surface area contributed by atoms with Crippen LogP contribution in [0.2, 0.25) is 6.04 Å². The van der Waals surface area contributed by atoms with Crippen LogP contribution >= 0.6 is 0 Å². The van der Waals surface area contributed by atoms with Gasteiger partial charge in [0.05, 0.1) is 13.2 Å². The molecular weight excluding hydrogens is 314 g/mol. The van der Waals surface area contributed by atoms with Gasteiger partial charge in [0, 0.05) is 27.6 Å². The van der Waals surface area contributed by atoms with Gasteiger partial charge in [0.2, 0.25) is 0 Å². The third kappa shape index (κ3) is 3.83. The Morgan fingerprint density at radius 1 is 1.04 bits per heavy atom. The van der Waals surface area contributed by atoms with Crippen LogP contribution in [0.4, 0.5) is 8.78 Å². The van der Waals surface area contributed by atoms with Crippen molar-refractivity contribution in [1.82, 2.24) is 0 Å². The van der Waals surface area contributed by atoms with Crippen LogP contribution in [-0.2, 0) is 9.47 Å². The smallest absolute Gasteiger partial charge is 0.160 e. The Balaban J connectivity index is 1.56. The number of halogens is 2. The molecule has 0 N–H and O–H groups in total. The SMILES string of the molecule is Cc1c(F)cc(C2CCC(C3OCC(C[SiH3])CO3)CC2)cc1F. The topological polar surface area (TPSA) is 18.5 Å². The summed E-state index contributed by atoms with van der Waals surface area (Å²) < 4.78 is 39.3. The Bertz CT molecular complexity index is 513. The molecule has 0 spiro atoms. The van der Waals surface area contributed by atoms with Gasteiger partial charge >= 0.3 is 0 Å². The van der Waals surface area contributed by atoms with Gasteiger partial charge in [-0.25, -0.2) is 8.78 Å². The highest BCUT2D eigenvalue weighted by atomic mass is 28.1. The summed E-state index contributed by atoms with van der Waals surface area (Å²) in [4.78, 5) is 0. The van der Waals surface area contributed by atoms with E-state index >= 15 is 0 Å². The molecule has 0 aromatic heterocycles. The summed E-state index contributed by atoms with van der Waals surface area (Å²) in [5, 5.41) is 0. The van der Waals surface area contributed by atoms with E-state index in [0.29, 0.717) is 11.8 Å². The lowest BCUT2D eigenvalue weighted by atomic mass is 9.78. The van der Waals surface area contributed by atoms with Crippen molar-refractivity contribution in [3.05, 3.63) is 34.9 Å². The summed E-state index contributed by atoms with van der Waals surface area (Å²) in [5.74, 6) is 0.369. The number of hydrogen-bond acceptors (Lipinski definition) is 2. The molecule has 128 valence electrons. The summed E-state index contributed by atoms with van der Waals surface area (Å²) >= 11 is 0. The molecule has 0 unspecified atom stereocenters. The van der Waals surface area contributed by atoms with Crippen LogP contribution < -0.4 is 0 Å². The molecule has 2 nitrogen and oxygen atoms in total. The average Bonchev–Trinajstić information content (AvgIpc) is 2.59. The second kappa shape index (κ2) is 7.41. The van der Waals surface area contributed by atoms with Crippen LogP contribution in [-0.4, -0.2) is 29.7 Å². The second-order valence-corrected chi connectivity index (χ2v) is 7.85. The third-order valence-electron chi connectivity index (χ3n) is 5.50. The van der Waals surface area contributed by atoms with Crippen molar-refractivity contribution in [2.24, 2.45) is 11.8 Å². The first kappa shape index (κ1) is 17.1. The molecule has 2 aliphatic rings. The largest absolute Gasteiger partial charge is 0.352 e. The van der Waals surface area contributed by atoms with Gasteiger partial charge in [-0.15, -0.1) is 0 Å². The summed E-state index contributed by atoms with van der Waals surface area (Å²) in [7, 11) is 1.19. The van der Waals surface area contributed by atoms with Gasteiger partial charge in [-0.3, -0.25) is 0 Å². The van der Waals surface area contributed by atoms with Crippen molar-refractivity contribution in [2.45, 2.75) is 50.9 Å². The number of benzene rings is 1. The fourth-order valence-corrected chi connectivity index (χ4v) is 4.16. The molecule has 1 aromatic carbocycles. The third-order valence-corrected chi connectivity index (χ3v) is 6.66. The van der Waals surface area contributed by atoms with Crippen molar-refractivity contribution < 1.29 is 18.3 Å². The Kier molecular flexibility index (Phi) is 5.49. The predicted octanol–water partition coefficient (Wildman–Crippen LogP) is 3.32. The van der Waals surface area contributed by atoms with E-state index in [2.05, 4.69) is 0 Å². The molecule has 1 saturated heterocycles. The first-order valence-corrected chi connectivity index (χ1v) is 10.2. The molecule has 1 aliphatic carbocycles. The molecule has 2 fully saturated rings. The number of ether oxygens (including phenoxy) is 2. The Morgan fingerprint density at radius 3 is 2.13 bits per heavy atom. The van der Waals surface area contributed by atoms with E-state index in [4.69, 9.17) is 9.47 Å². The molecule has 1 saturated carbocycles. The quantitative estimate of drug-likeness (QED) is 0.786. The molecule has 5 heteroatoms. The molecule has 0 bridgehead atoms. The number of hydrogen-bond donors (Lipinski definition) is 0. The van der Waals surface area contributed by atoms with Crippen LogP contribution in [0.25, 0.3) is 0 Å². The minimum Gasteiger partial charge on any atom is -0.352 e. The molecule has 0 radical (unpaired) electrons. The van der Waals surface area contributed by atoms with Crippen molar-refractivity contribution in [3.8, 4) is 0 Å². The van der Waals surface area contributed by atoms with Crippen LogP contribution in [0.5, 0.6) is 0 Å². The average molecular weight is 340 g/mol. The van der Waals surface area contributed by atoms with Crippen LogP contribution in [0.15, 0.2) is 12.1 Å². The molecule has 0 atom stereocenters. The van der Waals surface area contributed by atoms with Crippen molar-refractivity contribution >= 4 is 10.2 Å². The number of rotatable bonds is 3. The molecule has 23 heavy (non-hydrogen) atoms. The summed E-state index contributed by atoms with van der Waals surface area (Å²) in [6.45, 7) is 3.13. The van der Waals surface area contributed by atoms with Crippen molar-refractivity contribution in [2.75, 3.05) is 13.2 Å². The van der Waals surface area contributed by atoms with E-state index in [1.54, 1.807) is 0 Å². The zero-order chi connectivity index (χ0) is 16.4. The fourth-order valence-electron chi connectivity index (χ4n) is 3.69. The Hall–Kier alpha value is -0.783. The summed E-state index contributed by atoms with van der Waals surface area (Å²) in [6, 6.07) is 4.24. The maximum atomic E-state index is 13.8. The zero-order valence-electron chi connectivity index (χ0n) is 14.0. The van der Waals surface area contributed by atoms with E-state index in [0.717, 1.165) is 44.5 Å². The van der Waals surface area contributed by atoms with E-state index < -0.39 is 11.6 Å². The summed E-state index contributed by atoms with van der Waals surface area (Å²) in [5.41, 5.74) is 0.908. The van der Waals surface area contributed by atoms with Crippen molar-refractivity contribution in [3.63, 3.8) is 0 Å². The van der Waals surface area contributed by atoms with Crippen molar-refractivity contribution in [1.29, 1.82) is 0 Å². The molecular formula is C18H26F2O2Si. The summed E-state index contributed by atoms with van der Waals surface area (Å²) in [6.07, 6.45) is 3.81. The van der Waals surface area contributed by atoms with Crippen LogP contribution in [0.1, 0.15) is 42.7 Å². The highest BCUT2D eigenvalue weighted by Crippen LogP contribution is 2.39. The lowest BCUT2D eigenvalue weighted by Crippen LogP contribution is -2.38. The van der Waals surface area contributed by atoms with Gasteiger partial charge in [0.25, 0.3) is 0 Å². The highest BCUT2D eigenvalue weighted by molar-refractivity contribution is 6.08. The highest BCUT2D eigenvalue weighted by Gasteiger charge is 2.32. The maximum Gasteiger partial charge on any atom is 0.160 e. The van der Waals surface area contributed by atoms with Gasteiger partial charge < -0.3 is 9.47 Å². The second-order valence-electron chi connectivity index (χ2n) is 7.03. The first-order chi connectivity index (χ1) is 11.1. The van der Waals surface area contributed by atoms with E-state index in [1.165, 1.54) is 35.3 Å². The monoisotopic (exact) mass is 340 g/mol. The van der Waals surface area contributed by atoms with E-state index in [1.807, 2.05) is 0 Å². The van der Waals surface area contributed by atoms with E-state index in [-0.39, 0.29) is 17.8 Å². The predicted molar refractivity (Wildman–Crippen MR) is 89.7 cm³/mol. The van der Waals surface area contributed by atoms with Crippen LogP contribution in [0, 0.1) is 30.4 Å². The van der Waals surface area contributed by atoms with Crippen LogP contribution in [0.3, 0.4) is 0 Å². The molecule has 0 amide bonds. The Labute approximate surface area is 140 Å². The van der Waals surface area contributed by atoms with E-state index in [9.17, 15) is 8.78 Å². The standard InChI is InChI=1S/C18H26F2O2Si/c1-11-16(19)6-15(7-17(11)20)13-2-4-14(5-3-13)18-21-8-12(10-23)9-22-18/h6-7,12-14,18H,2-5,8-10H2,1,23H3. The Morgan fingerprint density at radius 2 is 1.61 bits per heavy atom. The zero-order valence-corrected chi connectivity index (χ0v) is 16.0. The van der Waals surface area contributed by atoms with Gasteiger partial charge in [0.1, 0.15) is 11.6 Å². The molecule has 1 aromatic rings. The van der Waals surface area contributed by atoms with Gasteiger partial charge in [-0.1, -0.05) is 6.04 Å². The fraction of sp³-hybridized carbons (Fsp3) is 0.667. The minimum atomic E-state index is -0.435. The molecule has 1 aliphatic heterocycles. The minimum absolute atomic E-state index is 0.0769. The van der Waals surface area contributed by atoms with Gasteiger partial charge in [-0.05, 0) is 56.2 Å². The first-order valence-electron chi connectivity index (χ1n) is 8.77. The maximum absolute atomic E-state index is 13.8.